The Morgan fingerprint density at radius 1 is 1.38 bits per heavy atom. The van der Waals surface area contributed by atoms with E-state index in [1.54, 1.807) is 6.92 Å². The lowest BCUT2D eigenvalue weighted by molar-refractivity contribution is -0.118. The van der Waals surface area contributed by atoms with Gasteiger partial charge in [-0.2, -0.15) is 0 Å². The minimum Gasteiger partial charge on any atom is -0.299 e. The highest BCUT2D eigenvalue weighted by atomic mass is 16.1. The number of hydrogen-bond acceptors (Lipinski definition) is 2. The molecule has 1 aliphatic rings. The first-order valence-electron chi connectivity index (χ1n) is 5.31. The second kappa shape index (κ2) is 4.75. The van der Waals surface area contributed by atoms with Gasteiger partial charge in [-0.15, -0.1) is 0 Å². The Labute approximate surface area is 81.3 Å². The quantitative estimate of drug-likeness (QED) is 0.667. The number of carbonyl (C=O) groups is 1. The van der Waals surface area contributed by atoms with Crippen molar-refractivity contribution in [2.24, 2.45) is 5.92 Å². The zero-order valence-corrected chi connectivity index (χ0v) is 9.05. The molecule has 2 nitrogen and oxygen atoms in total. The van der Waals surface area contributed by atoms with Gasteiger partial charge < -0.3 is 0 Å². The van der Waals surface area contributed by atoms with E-state index in [-0.39, 0.29) is 5.78 Å². The summed E-state index contributed by atoms with van der Waals surface area (Å²) in [5, 5.41) is 0. The number of hydrogen-bond donors (Lipinski definition) is 0. The molecular formula is C11H21NO. The topological polar surface area (TPSA) is 20.3 Å². The van der Waals surface area contributed by atoms with Gasteiger partial charge in [0.05, 0.1) is 6.54 Å². The summed E-state index contributed by atoms with van der Waals surface area (Å²) in [7, 11) is 2.08. The second-order valence-corrected chi connectivity index (χ2v) is 4.45. The zero-order chi connectivity index (χ0) is 9.84. The second-order valence-electron chi connectivity index (χ2n) is 4.45. The van der Waals surface area contributed by atoms with Crippen molar-refractivity contribution in [1.82, 2.24) is 4.90 Å². The zero-order valence-electron chi connectivity index (χ0n) is 9.05. The molecule has 0 aliphatic heterocycles. The van der Waals surface area contributed by atoms with Crippen molar-refractivity contribution in [3.8, 4) is 0 Å². The molecule has 2 atom stereocenters. The number of Topliss-reactive ketones (excluding diaryl/α,β-unsaturated/α-hetero) is 1. The van der Waals surface area contributed by atoms with Crippen molar-refractivity contribution in [2.75, 3.05) is 13.6 Å². The molecule has 0 N–H and O–H groups in total. The van der Waals surface area contributed by atoms with Crippen molar-refractivity contribution in [3.05, 3.63) is 0 Å². The molecule has 1 fully saturated rings. The summed E-state index contributed by atoms with van der Waals surface area (Å²) in [4.78, 5) is 13.2. The highest BCUT2D eigenvalue weighted by Gasteiger charge is 2.24. The molecule has 2 unspecified atom stereocenters. The number of ketones is 1. The fourth-order valence-electron chi connectivity index (χ4n) is 2.42. The minimum absolute atomic E-state index is 0.278. The lowest BCUT2D eigenvalue weighted by atomic mass is 9.85. The van der Waals surface area contributed by atoms with E-state index >= 15 is 0 Å². The van der Waals surface area contributed by atoms with E-state index in [1.165, 1.54) is 25.7 Å². The van der Waals surface area contributed by atoms with Gasteiger partial charge in [-0.25, -0.2) is 0 Å². The summed E-state index contributed by atoms with van der Waals surface area (Å²) in [5.74, 6) is 1.04. The maximum absolute atomic E-state index is 11.0. The van der Waals surface area contributed by atoms with E-state index in [1.807, 2.05) is 0 Å². The van der Waals surface area contributed by atoms with Gasteiger partial charge in [0.2, 0.25) is 0 Å². The molecule has 0 amide bonds. The Hall–Kier alpha value is -0.370. The molecule has 0 aromatic heterocycles. The van der Waals surface area contributed by atoms with Crippen molar-refractivity contribution in [2.45, 2.75) is 45.6 Å². The third kappa shape index (κ3) is 3.11. The van der Waals surface area contributed by atoms with E-state index < -0.39 is 0 Å². The summed E-state index contributed by atoms with van der Waals surface area (Å²) in [6, 6.07) is 0.637. The Kier molecular flexibility index (Phi) is 3.91. The van der Waals surface area contributed by atoms with Crippen LogP contribution in [-0.2, 0) is 4.79 Å². The van der Waals surface area contributed by atoms with Gasteiger partial charge in [0.15, 0.2) is 0 Å². The van der Waals surface area contributed by atoms with Gasteiger partial charge >= 0.3 is 0 Å². The summed E-state index contributed by atoms with van der Waals surface area (Å²) >= 11 is 0. The Balaban J connectivity index is 2.43. The first-order chi connectivity index (χ1) is 6.11. The van der Waals surface area contributed by atoms with Crippen LogP contribution in [0.15, 0.2) is 0 Å². The lowest BCUT2D eigenvalue weighted by Crippen LogP contribution is -2.41. The standard InChI is InChI=1S/C11H21NO/c1-9-6-4-5-7-11(9)12(3)8-10(2)13/h9,11H,4-8H2,1-3H3. The van der Waals surface area contributed by atoms with Crippen molar-refractivity contribution >= 4 is 5.78 Å². The average Bonchev–Trinajstić information content (AvgIpc) is 2.03. The molecule has 0 spiro atoms. The molecule has 1 saturated carbocycles. The van der Waals surface area contributed by atoms with E-state index in [0.717, 1.165) is 5.92 Å². The van der Waals surface area contributed by atoms with Crippen molar-refractivity contribution in [1.29, 1.82) is 0 Å². The van der Waals surface area contributed by atoms with Crippen LogP contribution >= 0.6 is 0 Å². The van der Waals surface area contributed by atoms with Gasteiger partial charge in [-0.1, -0.05) is 19.8 Å². The third-order valence-corrected chi connectivity index (χ3v) is 3.10. The van der Waals surface area contributed by atoms with Crippen molar-refractivity contribution in [3.63, 3.8) is 0 Å². The fraction of sp³-hybridized carbons (Fsp3) is 0.909. The van der Waals surface area contributed by atoms with Crippen molar-refractivity contribution < 1.29 is 4.79 Å². The predicted octanol–water partition coefficient (Wildman–Crippen LogP) is 2.09. The number of likely N-dealkylation sites (N-methyl/N-ethyl adjacent to an activating group) is 1. The number of carbonyl (C=O) groups excluding carboxylic acids is 1. The van der Waals surface area contributed by atoms with E-state index in [2.05, 4.69) is 18.9 Å². The number of rotatable bonds is 3. The summed E-state index contributed by atoms with van der Waals surface area (Å²) in [6.07, 6.45) is 5.29. The Morgan fingerprint density at radius 2 is 2.00 bits per heavy atom. The molecule has 0 radical (unpaired) electrons. The minimum atomic E-state index is 0.278. The fourth-order valence-corrected chi connectivity index (χ4v) is 2.42. The smallest absolute Gasteiger partial charge is 0.143 e. The molecule has 2 heteroatoms. The molecule has 0 aromatic rings. The first-order valence-corrected chi connectivity index (χ1v) is 5.31. The molecule has 1 aliphatic carbocycles. The largest absolute Gasteiger partial charge is 0.299 e. The van der Waals surface area contributed by atoms with E-state index in [0.29, 0.717) is 12.6 Å². The Bertz CT molecular complexity index is 179. The van der Waals surface area contributed by atoms with Crippen LogP contribution in [0.25, 0.3) is 0 Å². The highest BCUT2D eigenvalue weighted by Crippen LogP contribution is 2.26. The molecule has 0 bridgehead atoms. The normalized spacial score (nSPS) is 29.2. The number of nitrogens with zero attached hydrogens (tertiary/aromatic N) is 1. The average molecular weight is 183 g/mol. The predicted molar refractivity (Wildman–Crippen MR) is 54.7 cm³/mol. The molecule has 13 heavy (non-hydrogen) atoms. The van der Waals surface area contributed by atoms with Crippen LogP contribution in [0.3, 0.4) is 0 Å². The molecule has 0 saturated heterocycles. The molecule has 0 aromatic carbocycles. The van der Waals surface area contributed by atoms with Crippen LogP contribution in [-0.4, -0.2) is 30.3 Å². The van der Waals surface area contributed by atoms with Gasteiger partial charge in [0.25, 0.3) is 0 Å². The maximum Gasteiger partial charge on any atom is 0.143 e. The maximum atomic E-state index is 11.0. The summed E-state index contributed by atoms with van der Waals surface area (Å²) in [6.45, 7) is 4.60. The van der Waals surface area contributed by atoms with Crippen LogP contribution < -0.4 is 0 Å². The van der Waals surface area contributed by atoms with E-state index in [9.17, 15) is 4.79 Å². The summed E-state index contributed by atoms with van der Waals surface area (Å²) < 4.78 is 0. The lowest BCUT2D eigenvalue weighted by Gasteiger charge is -2.35. The van der Waals surface area contributed by atoms with Gasteiger partial charge in [-0.3, -0.25) is 9.69 Å². The monoisotopic (exact) mass is 183 g/mol. The molecule has 1 rings (SSSR count). The van der Waals surface area contributed by atoms with Crippen LogP contribution in [0.1, 0.15) is 39.5 Å². The first kappa shape index (κ1) is 10.7. The third-order valence-electron chi connectivity index (χ3n) is 3.10. The highest BCUT2D eigenvalue weighted by molar-refractivity contribution is 5.77. The molecule has 76 valence electrons. The van der Waals surface area contributed by atoms with Gasteiger partial charge in [-0.05, 0) is 32.7 Å². The van der Waals surface area contributed by atoms with Gasteiger partial charge in [0.1, 0.15) is 5.78 Å². The van der Waals surface area contributed by atoms with Crippen LogP contribution in [0.2, 0.25) is 0 Å². The van der Waals surface area contributed by atoms with Crippen LogP contribution in [0, 0.1) is 5.92 Å². The Morgan fingerprint density at radius 3 is 2.54 bits per heavy atom. The SMILES string of the molecule is CC(=O)CN(C)C1CCCCC1C. The molecule has 0 heterocycles. The van der Waals surface area contributed by atoms with Crippen LogP contribution in [0.5, 0.6) is 0 Å². The molecular weight excluding hydrogens is 162 g/mol. The van der Waals surface area contributed by atoms with Gasteiger partial charge in [0, 0.05) is 6.04 Å². The van der Waals surface area contributed by atoms with E-state index in [4.69, 9.17) is 0 Å². The van der Waals surface area contributed by atoms with Crippen LogP contribution in [0.4, 0.5) is 0 Å². The summed E-state index contributed by atoms with van der Waals surface area (Å²) in [5.41, 5.74) is 0.